The van der Waals surface area contributed by atoms with Gasteiger partial charge >= 0.3 is 0 Å². The third kappa shape index (κ3) is 5.14. The van der Waals surface area contributed by atoms with Crippen LogP contribution in [0.4, 0.5) is 0 Å². The maximum atomic E-state index is 9.72. The topological polar surface area (TPSA) is 146 Å². The van der Waals surface area contributed by atoms with Crippen molar-refractivity contribution in [2.45, 2.75) is 42.7 Å². The van der Waals surface area contributed by atoms with Gasteiger partial charge in [-0.3, -0.25) is 0 Å². The van der Waals surface area contributed by atoms with E-state index in [1.165, 1.54) is 0 Å². The van der Waals surface area contributed by atoms with Gasteiger partial charge in [-0.15, -0.1) is 0 Å². The Morgan fingerprint density at radius 3 is 2.42 bits per heavy atom. The molecular weight excluding hydrogens is 278 g/mol. The van der Waals surface area contributed by atoms with E-state index < -0.39 is 36.3 Å². The Labute approximate surface area is 115 Å². The van der Waals surface area contributed by atoms with E-state index in [2.05, 4.69) is 0 Å². The Kier molecular flexibility index (Phi) is 7.50. The van der Waals surface area contributed by atoms with Crippen molar-refractivity contribution in [3.8, 4) is 0 Å². The second-order valence-electron chi connectivity index (χ2n) is 4.19. The molecule has 1 aliphatic rings. The van der Waals surface area contributed by atoms with E-state index in [4.69, 9.17) is 25.4 Å². The van der Waals surface area contributed by atoms with Crippen LogP contribution < -0.4 is 5.73 Å². The van der Waals surface area contributed by atoms with Gasteiger partial charge in [-0.25, -0.2) is 0 Å². The molecule has 1 fully saturated rings. The summed E-state index contributed by atoms with van der Waals surface area (Å²) in [4.78, 5) is 0. The number of ether oxygens (including phenoxy) is 2. The molecule has 1 aliphatic heterocycles. The fraction of sp³-hybridized carbons (Fsp3) is 1.00. The van der Waals surface area contributed by atoms with E-state index in [9.17, 15) is 15.3 Å². The molecule has 1 heterocycles. The van der Waals surface area contributed by atoms with Crippen LogP contribution in [0.1, 0.15) is 6.42 Å². The van der Waals surface area contributed by atoms with Crippen LogP contribution in [-0.4, -0.2) is 80.8 Å². The van der Waals surface area contributed by atoms with Gasteiger partial charge in [0.15, 0.2) is 6.29 Å². The van der Waals surface area contributed by atoms with E-state index in [0.29, 0.717) is 13.0 Å². The molecular formula is C10H21NO7S. The lowest BCUT2D eigenvalue weighted by Gasteiger charge is -2.40. The lowest BCUT2D eigenvalue weighted by atomic mass is 10.00. The first-order valence-electron chi connectivity index (χ1n) is 5.96. The highest BCUT2D eigenvalue weighted by Gasteiger charge is 2.44. The van der Waals surface area contributed by atoms with Gasteiger partial charge in [0.25, 0.3) is 0 Å². The van der Waals surface area contributed by atoms with E-state index in [-0.39, 0.29) is 12.4 Å². The van der Waals surface area contributed by atoms with Crippen molar-refractivity contribution in [3.05, 3.63) is 0 Å². The van der Waals surface area contributed by atoms with E-state index in [1.807, 2.05) is 0 Å². The summed E-state index contributed by atoms with van der Waals surface area (Å²) in [5.41, 5.74) is 3.70. The maximum Gasteiger partial charge on any atom is 0.201 e. The summed E-state index contributed by atoms with van der Waals surface area (Å²) < 4.78 is 10.5. The largest absolute Gasteiger partial charge is 0.388 e. The van der Waals surface area contributed by atoms with Crippen molar-refractivity contribution in [1.82, 2.24) is 0 Å². The Hall–Kier alpha value is 0.0300. The van der Waals surface area contributed by atoms with Crippen LogP contribution in [-0.2, 0) is 9.47 Å². The summed E-state index contributed by atoms with van der Waals surface area (Å²) in [6, 6.07) is 0. The molecule has 0 radical (unpaired) electrons. The van der Waals surface area contributed by atoms with Crippen LogP contribution in [0, 0.1) is 0 Å². The van der Waals surface area contributed by atoms with Gasteiger partial charge in [-0.05, 0) is 13.0 Å². The molecule has 9 heteroatoms. The quantitative estimate of drug-likeness (QED) is 0.216. The fourth-order valence-electron chi connectivity index (χ4n) is 1.66. The first-order chi connectivity index (χ1) is 8.97. The predicted octanol–water partition coefficient (Wildman–Crippen LogP) is -2.84. The molecule has 7 N–H and O–H groups in total. The zero-order valence-electron chi connectivity index (χ0n) is 10.3. The molecule has 1 saturated heterocycles. The number of aliphatic hydroxyl groups excluding tert-OH is 4. The van der Waals surface area contributed by atoms with E-state index in [0.717, 1.165) is 11.8 Å². The van der Waals surface area contributed by atoms with Crippen molar-refractivity contribution in [3.63, 3.8) is 0 Å². The maximum absolute atomic E-state index is 9.72. The lowest BCUT2D eigenvalue weighted by molar-refractivity contribution is -0.292. The van der Waals surface area contributed by atoms with Crippen molar-refractivity contribution < 1.29 is 35.0 Å². The van der Waals surface area contributed by atoms with Gasteiger partial charge in [0.1, 0.15) is 18.3 Å². The number of hydrogen-bond acceptors (Lipinski definition) is 9. The van der Waals surface area contributed by atoms with Gasteiger partial charge in [0.2, 0.25) is 5.62 Å². The number of aliphatic hydroxyl groups is 5. The Morgan fingerprint density at radius 2 is 1.84 bits per heavy atom. The molecule has 0 aromatic rings. The second-order valence-corrected chi connectivity index (χ2v) is 5.28. The number of thioether (sulfide) groups is 1. The minimum atomic E-state index is -1.60. The van der Waals surface area contributed by atoms with Crippen molar-refractivity contribution in [2.24, 2.45) is 5.73 Å². The van der Waals surface area contributed by atoms with Crippen LogP contribution in [0.5, 0.6) is 0 Å². The minimum Gasteiger partial charge on any atom is -0.388 e. The molecule has 114 valence electrons. The SMILES string of the molecule is NCCCO[C@@H]1OC(CSC(O)O)[C@H](O)C(O)C1O. The zero-order chi connectivity index (χ0) is 14.4. The minimum absolute atomic E-state index is 0.0410. The molecule has 0 aliphatic carbocycles. The number of nitrogens with two attached hydrogens (primary N) is 1. The van der Waals surface area contributed by atoms with Gasteiger partial charge in [0.05, 0.1) is 12.7 Å². The highest BCUT2D eigenvalue weighted by molar-refractivity contribution is 7.99. The van der Waals surface area contributed by atoms with E-state index >= 15 is 0 Å². The highest BCUT2D eigenvalue weighted by atomic mass is 32.2. The summed E-state index contributed by atoms with van der Waals surface area (Å²) >= 11 is 0.733. The normalized spacial score (nSPS) is 35.8. The van der Waals surface area contributed by atoms with Crippen molar-refractivity contribution in [1.29, 1.82) is 0 Å². The van der Waals surface area contributed by atoms with Crippen LogP contribution in [0.2, 0.25) is 0 Å². The highest BCUT2D eigenvalue weighted by Crippen LogP contribution is 2.25. The first kappa shape index (κ1) is 17.1. The monoisotopic (exact) mass is 299 g/mol. The van der Waals surface area contributed by atoms with Gasteiger partial charge in [-0.2, -0.15) is 0 Å². The summed E-state index contributed by atoms with van der Waals surface area (Å²) in [5.74, 6) is 0.0410. The molecule has 3 unspecified atom stereocenters. The van der Waals surface area contributed by atoms with Crippen LogP contribution >= 0.6 is 11.8 Å². The summed E-state index contributed by atoms with van der Waals surface area (Å²) in [6.45, 7) is 0.674. The van der Waals surface area contributed by atoms with Gasteiger partial charge in [-0.1, -0.05) is 11.8 Å². The first-order valence-corrected chi connectivity index (χ1v) is 7.01. The lowest BCUT2D eigenvalue weighted by Crippen LogP contribution is -2.59. The molecule has 0 saturated carbocycles. The van der Waals surface area contributed by atoms with Crippen LogP contribution in [0.15, 0.2) is 0 Å². The van der Waals surface area contributed by atoms with Crippen molar-refractivity contribution in [2.75, 3.05) is 18.9 Å². The molecule has 0 amide bonds. The molecule has 0 bridgehead atoms. The van der Waals surface area contributed by atoms with Crippen LogP contribution in [0.3, 0.4) is 0 Å². The number of rotatable bonds is 7. The Morgan fingerprint density at radius 1 is 1.16 bits per heavy atom. The molecule has 1 rings (SSSR count). The van der Waals surface area contributed by atoms with Gasteiger partial charge < -0.3 is 40.7 Å². The summed E-state index contributed by atoms with van der Waals surface area (Å²) in [6.07, 6.45) is -5.48. The molecule has 0 aromatic carbocycles. The van der Waals surface area contributed by atoms with Crippen molar-refractivity contribution >= 4 is 11.8 Å². The third-order valence-corrected chi connectivity index (χ3v) is 3.53. The average Bonchev–Trinajstić information content (AvgIpc) is 2.37. The molecule has 0 spiro atoms. The standard InChI is InChI=1S/C10H21NO7S/c11-2-1-3-17-9-8(14)7(13)6(12)5(18-9)4-19-10(15)16/h5-10,12-16H,1-4,11H2/t5?,6-,7?,8?,9+/m0/s1. The summed E-state index contributed by atoms with van der Waals surface area (Å²) in [5, 5.41) is 46.6. The molecule has 8 nitrogen and oxygen atoms in total. The average molecular weight is 299 g/mol. The molecule has 19 heavy (non-hydrogen) atoms. The predicted molar refractivity (Wildman–Crippen MR) is 67.0 cm³/mol. The van der Waals surface area contributed by atoms with E-state index in [1.54, 1.807) is 0 Å². The Bertz CT molecular complexity index is 258. The number of hydrogen-bond donors (Lipinski definition) is 6. The Balaban J connectivity index is 2.52. The second kappa shape index (κ2) is 8.35. The zero-order valence-corrected chi connectivity index (χ0v) is 11.1. The fourth-order valence-corrected chi connectivity index (χ4v) is 2.29. The molecule has 0 aromatic heterocycles. The third-order valence-electron chi connectivity index (χ3n) is 2.71. The molecule has 5 atom stereocenters. The van der Waals surface area contributed by atoms with Crippen LogP contribution in [0.25, 0.3) is 0 Å². The van der Waals surface area contributed by atoms with Gasteiger partial charge in [0, 0.05) is 5.75 Å². The summed E-state index contributed by atoms with van der Waals surface area (Å²) in [7, 11) is 0. The smallest absolute Gasteiger partial charge is 0.201 e.